The summed E-state index contributed by atoms with van der Waals surface area (Å²) >= 11 is 0. The van der Waals surface area contributed by atoms with E-state index in [4.69, 9.17) is 9.47 Å². The number of benzene rings is 1. The molecule has 6 nitrogen and oxygen atoms in total. The van der Waals surface area contributed by atoms with Gasteiger partial charge in [-0.1, -0.05) is 13.0 Å². The number of esters is 1. The van der Waals surface area contributed by atoms with Gasteiger partial charge in [0.05, 0.1) is 25.2 Å². The van der Waals surface area contributed by atoms with Crippen molar-refractivity contribution in [3.63, 3.8) is 0 Å². The second-order valence-electron chi connectivity index (χ2n) is 6.72. The van der Waals surface area contributed by atoms with Crippen molar-refractivity contribution in [2.45, 2.75) is 46.1 Å². The van der Waals surface area contributed by atoms with Crippen molar-refractivity contribution in [3.05, 3.63) is 24.3 Å². The zero-order valence-corrected chi connectivity index (χ0v) is 16.0. The lowest BCUT2D eigenvalue weighted by Gasteiger charge is -2.30. The molecule has 2 rings (SSSR count). The molecule has 1 aliphatic rings. The number of carbonyl (C=O) groups is 2. The first-order valence-corrected chi connectivity index (χ1v) is 9.47. The molecule has 1 saturated heterocycles. The minimum atomic E-state index is -0.116. The van der Waals surface area contributed by atoms with Crippen molar-refractivity contribution in [2.24, 2.45) is 5.92 Å². The maximum absolute atomic E-state index is 12.3. The molecule has 26 heavy (non-hydrogen) atoms. The van der Waals surface area contributed by atoms with Crippen LogP contribution in [0.4, 0.5) is 5.69 Å². The van der Waals surface area contributed by atoms with Gasteiger partial charge in [0, 0.05) is 11.8 Å². The van der Waals surface area contributed by atoms with Gasteiger partial charge in [0.2, 0.25) is 5.91 Å². The number of nitrogens with one attached hydrogen (secondary N) is 1. The van der Waals surface area contributed by atoms with Crippen LogP contribution in [0.3, 0.4) is 0 Å². The van der Waals surface area contributed by atoms with Crippen molar-refractivity contribution < 1.29 is 19.1 Å². The lowest BCUT2D eigenvalue weighted by Crippen LogP contribution is -2.41. The van der Waals surface area contributed by atoms with Crippen LogP contribution in [-0.4, -0.2) is 49.1 Å². The van der Waals surface area contributed by atoms with Gasteiger partial charge < -0.3 is 14.8 Å². The predicted molar refractivity (Wildman–Crippen MR) is 101 cm³/mol. The molecule has 0 bridgehead atoms. The molecule has 144 valence electrons. The van der Waals surface area contributed by atoms with Gasteiger partial charge in [0.25, 0.3) is 0 Å². The first kappa shape index (κ1) is 20.2. The van der Waals surface area contributed by atoms with Gasteiger partial charge in [-0.25, -0.2) is 0 Å². The molecule has 1 aromatic carbocycles. The molecule has 1 amide bonds. The SMILES string of the molecule is CCOC(=O)C1CCN(CC(=O)Nc2cccc(OC(C)CC)c2)CC1. The minimum Gasteiger partial charge on any atom is -0.491 e. The summed E-state index contributed by atoms with van der Waals surface area (Å²) in [4.78, 5) is 26.1. The van der Waals surface area contributed by atoms with E-state index < -0.39 is 0 Å². The molecule has 1 atom stereocenters. The fourth-order valence-electron chi connectivity index (χ4n) is 2.95. The molecule has 0 radical (unpaired) electrons. The number of likely N-dealkylation sites (tertiary alicyclic amines) is 1. The summed E-state index contributed by atoms with van der Waals surface area (Å²) in [7, 11) is 0. The van der Waals surface area contributed by atoms with E-state index in [9.17, 15) is 9.59 Å². The lowest BCUT2D eigenvalue weighted by molar-refractivity contribution is -0.149. The van der Waals surface area contributed by atoms with Crippen LogP contribution in [0.15, 0.2) is 24.3 Å². The number of hydrogen-bond acceptors (Lipinski definition) is 5. The fraction of sp³-hybridized carbons (Fsp3) is 0.600. The van der Waals surface area contributed by atoms with E-state index in [0.717, 1.165) is 43.8 Å². The number of amides is 1. The Balaban J connectivity index is 1.79. The maximum Gasteiger partial charge on any atom is 0.309 e. The number of piperidine rings is 1. The van der Waals surface area contributed by atoms with Crippen LogP contribution in [0.2, 0.25) is 0 Å². The highest BCUT2D eigenvalue weighted by Crippen LogP contribution is 2.20. The van der Waals surface area contributed by atoms with Gasteiger partial charge in [0.1, 0.15) is 5.75 Å². The van der Waals surface area contributed by atoms with Crippen molar-refractivity contribution >= 4 is 17.6 Å². The van der Waals surface area contributed by atoms with Crippen LogP contribution >= 0.6 is 0 Å². The van der Waals surface area contributed by atoms with E-state index in [-0.39, 0.29) is 23.9 Å². The molecule has 0 saturated carbocycles. The molecule has 0 aromatic heterocycles. The molecular formula is C20H30N2O4. The van der Waals surface area contributed by atoms with Crippen LogP contribution in [0.5, 0.6) is 5.75 Å². The summed E-state index contributed by atoms with van der Waals surface area (Å²) in [6.45, 7) is 8.11. The monoisotopic (exact) mass is 362 g/mol. The average molecular weight is 362 g/mol. The normalized spacial score (nSPS) is 16.7. The Bertz CT molecular complexity index is 597. The number of carbonyl (C=O) groups excluding carboxylic acids is 2. The summed E-state index contributed by atoms with van der Waals surface area (Å²) in [6, 6.07) is 7.46. The number of hydrogen-bond donors (Lipinski definition) is 1. The molecule has 1 heterocycles. The van der Waals surface area contributed by atoms with Crippen molar-refractivity contribution in [1.82, 2.24) is 4.90 Å². The first-order valence-electron chi connectivity index (χ1n) is 9.47. The molecule has 1 aliphatic heterocycles. The Kier molecular flexibility index (Phi) is 7.91. The van der Waals surface area contributed by atoms with Crippen molar-refractivity contribution in [3.8, 4) is 5.75 Å². The van der Waals surface area contributed by atoms with Gasteiger partial charge in [-0.3, -0.25) is 14.5 Å². The molecule has 6 heteroatoms. The molecule has 0 spiro atoms. The fourth-order valence-corrected chi connectivity index (χ4v) is 2.95. The Morgan fingerprint density at radius 2 is 2.00 bits per heavy atom. The summed E-state index contributed by atoms with van der Waals surface area (Å²) in [5.41, 5.74) is 0.734. The average Bonchev–Trinajstić information content (AvgIpc) is 2.62. The number of ether oxygens (including phenoxy) is 2. The Morgan fingerprint density at radius 1 is 1.27 bits per heavy atom. The Labute approximate surface area is 155 Å². The highest BCUT2D eigenvalue weighted by molar-refractivity contribution is 5.92. The topological polar surface area (TPSA) is 67.9 Å². The predicted octanol–water partition coefficient (Wildman–Crippen LogP) is 3.08. The van der Waals surface area contributed by atoms with Gasteiger partial charge in [0.15, 0.2) is 0 Å². The number of rotatable bonds is 8. The smallest absolute Gasteiger partial charge is 0.309 e. The van der Waals surface area contributed by atoms with E-state index in [2.05, 4.69) is 17.1 Å². The quantitative estimate of drug-likeness (QED) is 0.720. The van der Waals surface area contributed by atoms with Gasteiger partial charge >= 0.3 is 5.97 Å². The highest BCUT2D eigenvalue weighted by atomic mass is 16.5. The second kappa shape index (κ2) is 10.2. The van der Waals surface area contributed by atoms with Crippen LogP contribution in [0, 0.1) is 5.92 Å². The minimum absolute atomic E-state index is 0.0383. The number of anilines is 1. The van der Waals surface area contributed by atoms with E-state index in [1.54, 1.807) is 0 Å². The van der Waals surface area contributed by atoms with Gasteiger partial charge in [-0.2, -0.15) is 0 Å². The molecule has 0 aliphatic carbocycles. The third-order valence-corrected chi connectivity index (χ3v) is 4.60. The van der Waals surface area contributed by atoms with Gasteiger partial charge in [-0.05, 0) is 58.3 Å². The summed E-state index contributed by atoms with van der Waals surface area (Å²) in [6.07, 6.45) is 2.55. The summed E-state index contributed by atoms with van der Waals surface area (Å²) < 4.78 is 10.9. The highest BCUT2D eigenvalue weighted by Gasteiger charge is 2.26. The molecule has 1 fully saturated rings. The second-order valence-corrected chi connectivity index (χ2v) is 6.72. The van der Waals surface area contributed by atoms with E-state index in [0.29, 0.717) is 13.2 Å². The van der Waals surface area contributed by atoms with E-state index >= 15 is 0 Å². The summed E-state index contributed by atoms with van der Waals surface area (Å²) in [5, 5.41) is 2.92. The van der Waals surface area contributed by atoms with Crippen molar-refractivity contribution in [2.75, 3.05) is 31.6 Å². The zero-order chi connectivity index (χ0) is 18.9. The largest absolute Gasteiger partial charge is 0.491 e. The van der Waals surface area contributed by atoms with Crippen LogP contribution in [0.25, 0.3) is 0 Å². The lowest BCUT2D eigenvalue weighted by atomic mass is 9.97. The Morgan fingerprint density at radius 3 is 2.65 bits per heavy atom. The maximum atomic E-state index is 12.3. The standard InChI is InChI=1S/C20H30N2O4/c1-4-15(3)26-18-8-6-7-17(13-18)21-19(23)14-22-11-9-16(10-12-22)20(24)25-5-2/h6-8,13,15-16H,4-5,9-12,14H2,1-3H3,(H,21,23). The van der Waals surface area contributed by atoms with Crippen LogP contribution in [0.1, 0.15) is 40.0 Å². The van der Waals surface area contributed by atoms with E-state index in [1.807, 2.05) is 38.1 Å². The zero-order valence-electron chi connectivity index (χ0n) is 16.0. The van der Waals surface area contributed by atoms with Crippen LogP contribution in [-0.2, 0) is 14.3 Å². The Hall–Kier alpha value is -2.08. The van der Waals surface area contributed by atoms with E-state index in [1.165, 1.54) is 0 Å². The summed E-state index contributed by atoms with van der Waals surface area (Å²) in [5.74, 6) is 0.547. The third kappa shape index (κ3) is 6.33. The molecule has 1 N–H and O–H groups in total. The first-order chi connectivity index (χ1) is 12.5. The van der Waals surface area contributed by atoms with Gasteiger partial charge in [-0.15, -0.1) is 0 Å². The van der Waals surface area contributed by atoms with Crippen LogP contribution < -0.4 is 10.1 Å². The molecule has 1 unspecified atom stereocenters. The molecular weight excluding hydrogens is 332 g/mol. The number of nitrogens with zero attached hydrogens (tertiary/aromatic N) is 1. The molecule has 1 aromatic rings. The third-order valence-electron chi connectivity index (χ3n) is 4.60. The van der Waals surface area contributed by atoms with Crippen molar-refractivity contribution in [1.29, 1.82) is 0 Å².